The number of aryl methyl sites for hydroxylation is 1. The highest BCUT2D eigenvalue weighted by molar-refractivity contribution is 6.12. The molecule has 8 aromatic carbocycles. The lowest BCUT2D eigenvalue weighted by molar-refractivity contribution is -0.143. The summed E-state index contributed by atoms with van der Waals surface area (Å²) in [6.07, 6.45) is -14.7. The quantitative estimate of drug-likeness (QED) is 0.162. The number of rotatable bonds is 5. The highest BCUT2D eigenvalue weighted by Crippen LogP contribution is 2.46. The van der Waals surface area contributed by atoms with Gasteiger partial charge in [0, 0.05) is 27.1 Å². The van der Waals surface area contributed by atoms with Crippen molar-refractivity contribution in [3.8, 4) is 56.9 Å². The molecule has 0 radical (unpaired) electrons. The third-order valence-electron chi connectivity index (χ3n) is 12.1. The summed E-state index contributed by atoms with van der Waals surface area (Å²) in [5.74, 6) is 0. The van der Waals surface area contributed by atoms with Crippen molar-refractivity contribution in [1.82, 2.24) is 9.13 Å². The van der Waals surface area contributed by atoms with Gasteiger partial charge in [-0.25, -0.2) is 0 Å². The number of benzene rings is 8. The second-order valence-electron chi connectivity index (χ2n) is 16.2. The monoisotopic (exact) mass is 904 g/mol. The summed E-state index contributed by atoms with van der Waals surface area (Å²) >= 11 is 0. The Balaban J connectivity index is 1.23. The second kappa shape index (κ2) is 15.4. The van der Waals surface area contributed by atoms with Crippen LogP contribution in [0.25, 0.3) is 88.4 Å². The van der Waals surface area contributed by atoms with Crippen molar-refractivity contribution in [2.45, 2.75) is 25.5 Å². The molecule has 0 saturated carbocycles. The first-order valence-corrected chi connectivity index (χ1v) is 20.6. The van der Waals surface area contributed by atoms with Crippen molar-refractivity contribution >= 4 is 43.6 Å². The third kappa shape index (κ3) is 7.20. The number of nitrogens with zero attached hydrogens (tertiary/aromatic N) is 4. The molecule has 0 unspecified atom stereocenters. The Bertz CT molecular complexity index is 3760. The summed E-state index contributed by atoms with van der Waals surface area (Å²) in [5, 5.41) is 23.4. The van der Waals surface area contributed by atoms with Crippen LogP contribution in [0.3, 0.4) is 0 Å². The van der Waals surface area contributed by atoms with Gasteiger partial charge < -0.3 is 9.13 Å². The van der Waals surface area contributed by atoms with Crippen LogP contribution in [0.2, 0.25) is 0 Å². The SMILES string of the molecule is Cc1ccc(-c2ccc3c(c2)c2ccccc2n3-c2cc(C#N)c(-n3c4ccccc4c4cc(-c5ccc(C(F)(F)F)cc5C(F)(F)F)ccc43)cc2-c2cccc(C#N)c2)c(C(F)(F)F)c1. The van der Waals surface area contributed by atoms with E-state index >= 15 is 0 Å². The number of hydrogen-bond acceptors (Lipinski definition) is 2. The van der Waals surface area contributed by atoms with Crippen LogP contribution >= 0.6 is 0 Å². The standard InChI is InChI=1S/C54H29F9N4/c1-30-13-17-37(44(21-30)53(58,59)60)33-15-20-49-43(23-33)40-10-3-5-12-47(40)67(49)51-25-35(29-65)50(27-41(51)32-8-6-7-31(22-32)28-64)66-46-11-4-2-9-39(46)42-24-34(14-19-48(42)66)38-18-16-36(52(55,56)57)26-45(38)54(61,62)63/h2-27H,1H3. The molecule has 2 heterocycles. The highest BCUT2D eigenvalue weighted by Gasteiger charge is 2.39. The van der Waals surface area contributed by atoms with E-state index in [4.69, 9.17) is 0 Å². The molecular weight excluding hydrogens is 876 g/mol. The van der Waals surface area contributed by atoms with Gasteiger partial charge in [0.2, 0.25) is 0 Å². The molecular formula is C54H29F9N4. The number of para-hydroxylation sites is 2. The van der Waals surface area contributed by atoms with Crippen LogP contribution in [0.1, 0.15) is 33.4 Å². The number of hydrogen-bond donors (Lipinski definition) is 0. The molecule has 328 valence electrons. The molecule has 10 aromatic rings. The van der Waals surface area contributed by atoms with E-state index in [9.17, 15) is 50.0 Å². The fourth-order valence-electron chi connectivity index (χ4n) is 9.18. The fraction of sp³-hybridized carbons (Fsp3) is 0.0741. The molecule has 0 spiro atoms. The predicted octanol–water partition coefficient (Wildman–Crippen LogP) is 16.0. The molecule has 0 amide bonds. The molecule has 0 atom stereocenters. The van der Waals surface area contributed by atoms with Crippen LogP contribution in [-0.4, -0.2) is 9.13 Å². The maximum absolute atomic E-state index is 14.4. The van der Waals surface area contributed by atoms with Crippen molar-refractivity contribution in [3.05, 3.63) is 191 Å². The van der Waals surface area contributed by atoms with Crippen LogP contribution < -0.4 is 0 Å². The van der Waals surface area contributed by atoms with Crippen LogP contribution in [0.4, 0.5) is 39.5 Å². The van der Waals surface area contributed by atoms with Gasteiger partial charge in [-0.05, 0) is 114 Å². The molecule has 2 aromatic heterocycles. The van der Waals surface area contributed by atoms with Crippen molar-refractivity contribution in [3.63, 3.8) is 0 Å². The van der Waals surface area contributed by atoms with Gasteiger partial charge in [-0.15, -0.1) is 0 Å². The summed E-state index contributed by atoms with van der Waals surface area (Å²) in [5.41, 5.74) is 1.61. The Kier molecular flexibility index (Phi) is 9.82. The lowest BCUT2D eigenvalue weighted by Crippen LogP contribution is -2.12. The number of halogens is 9. The van der Waals surface area contributed by atoms with Gasteiger partial charge in [0.15, 0.2) is 0 Å². The minimum Gasteiger partial charge on any atom is -0.309 e. The number of nitriles is 2. The Morgan fingerprint density at radius 3 is 1.48 bits per heavy atom. The van der Waals surface area contributed by atoms with Crippen molar-refractivity contribution in [2.75, 3.05) is 0 Å². The Morgan fingerprint density at radius 1 is 0.403 bits per heavy atom. The van der Waals surface area contributed by atoms with E-state index < -0.39 is 40.8 Å². The van der Waals surface area contributed by atoms with Gasteiger partial charge in [0.25, 0.3) is 0 Å². The van der Waals surface area contributed by atoms with Crippen LogP contribution in [-0.2, 0) is 18.5 Å². The van der Waals surface area contributed by atoms with Crippen LogP contribution in [0.5, 0.6) is 0 Å². The molecule has 0 fully saturated rings. The van der Waals surface area contributed by atoms with E-state index in [0.29, 0.717) is 83.5 Å². The average Bonchev–Trinajstić information content (AvgIpc) is 3.82. The zero-order valence-corrected chi connectivity index (χ0v) is 34.7. The van der Waals surface area contributed by atoms with Crippen LogP contribution in [0, 0.1) is 29.6 Å². The van der Waals surface area contributed by atoms with E-state index in [-0.39, 0.29) is 22.8 Å². The summed E-state index contributed by atoms with van der Waals surface area (Å²) < 4.78 is 131. The molecule has 0 saturated heterocycles. The summed E-state index contributed by atoms with van der Waals surface area (Å²) in [7, 11) is 0. The zero-order valence-electron chi connectivity index (χ0n) is 34.7. The maximum Gasteiger partial charge on any atom is 0.417 e. The predicted molar refractivity (Wildman–Crippen MR) is 241 cm³/mol. The van der Waals surface area contributed by atoms with E-state index in [2.05, 4.69) is 12.1 Å². The Labute approximate surface area is 375 Å². The first-order valence-electron chi connectivity index (χ1n) is 20.6. The molecule has 0 bridgehead atoms. The molecule has 4 nitrogen and oxygen atoms in total. The van der Waals surface area contributed by atoms with Gasteiger partial charge in [0.05, 0.1) is 67.3 Å². The van der Waals surface area contributed by atoms with Crippen molar-refractivity contribution < 1.29 is 39.5 Å². The normalized spacial score (nSPS) is 12.3. The van der Waals surface area contributed by atoms with Crippen molar-refractivity contribution in [2.24, 2.45) is 0 Å². The largest absolute Gasteiger partial charge is 0.417 e. The first-order chi connectivity index (χ1) is 31.9. The third-order valence-corrected chi connectivity index (χ3v) is 12.1. The lowest BCUT2D eigenvalue weighted by atomic mass is 9.95. The minimum absolute atomic E-state index is 0.0143. The second-order valence-corrected chi connectivity index (χ2v) is 16.2. The topological polar surface area (TPSA) is 57.4 Å². The molecule has 10 rings (SSSR count). The first kappa shape index (κ1) is 42.6. The fourth-order valence-corrected chi connectivity index (χ4v) is 9.18. The number of alkyl halides is 9. The van der Waals surface area contributed by atoms with E-state index in [1.807, 2.05) is 28.8 Å². The van der Waals surface area contributed by atoms with E-state index in [0.717, 1.165) is 17.5 Å². The summed E-state index contributed by atoms with van der Waals surface area (Å²) in [6, 6.07) is 44.5. The zero-order chi connectivity index (χ0) is 47.2. The number of aromatic nitrogens is 2. The molecule has 0 aliphatic carbocycles. The minimum atomic E-state index is -5.11. The highest BCUT2D eigenvalue weighted by atomic mass is 19.4. The van der Waals surface area contributed by atoms with Gasteiger partial charge in [-0.3, -0.25) is 0 Å². The molecule has 0 aliphatic heterocycles. The Hall–Kier alpha value is -8.29. The maximum atomic E-state index is 14.4. The number of fused-ring (bicyclic) bond motifs is 6. The lowest BCUT2D eigenvalue weighted by Gasteiger charge is -2.19. The molecule has 0 N–H and O–H groups in total. The van der Waals surface area contributed by atoms with Gasteiger partial charge in [-0.2, -0.15) is 50.0 Å². The molecule has 13 heteroatoms. The van der Waals surface area contributed by atoms with Gasteiger partial charge in [0.1, 0.15) is 6.07 Å². The Morgan fingerprint density at radius 2 is 0.925 bits per heavy atom. The van der Waals surface area contributed by atoms with Crippen molar-refractivity contribution in [1.29, 1.82) is 10.5 Å². The van der Waals surface area contributed by atoms with Gasteiger partial charge in [-0.1, -0.05) is 84.4 Å². The summed E-state index contributed by atoms with van der Waals surface area (Å²) in [6.45, 7) is 1.60. The van der Waals surface area contributed by atoms with Gasteiger partial charge >= 0.3 is 18.5 Å². The smallest absolute Gasteiger partial charge is 0.309 e. The van der Waals surface area contributed by atoms with E-state index in [1.165, 1.54) is 18.2 Å². The average molecular weight is 905 g/mol. The summed E-state index contributed by atoms with van der Waals surface area (Å²) in [4.78, 5) is 0. The molecule has 67 heavy (non-hydrogen) atoms. The van der Waals surface area contributed by atoms with E-state index in [1.54, 1.807) is 102 Å². The van der Waals surface area contributed by atoms with Crippen LogP contribution in [0.15, 0.2) is 158 Å². The molecule has 0 aliphatic rings.